The smallest absolute Gasteiger partial charge is 0.407 e. The minimum absolute atomic E-state index is 0.0486. The Morgan fingerprint density at radius 3 is 2.33 bits per heavy atom. The highest BCUT2D eigenvalue weighted by molar-refractivity contribution is 5.72. The number of carboxylic acid groups (broad SMARTS) is 1. The van der Waals surface area contributed by atoms with Crippen LogP contribution in [-0.2, 0) is 9.53 Å². The van der Waals surface area contributed by atoms with Gasteiger partial charge in [0.25, 0.3) is 0 Å². The molecule has 1 N–H and O–H groups in total. The fourth-order valence-electron chi connectivity index (χ4n) is 2.16. The van der Waals surface area contributed by atoms with Gasteiger partial charge in [0.15, 0.2) is 0 Å². The lowest BCUT2D eigenvalue weighted by Crippen LogP contribution is -2.48. The minimum atomic E-state index is -0.851. The van der Waals surface area contributed by atoms with Gasteiger partial charge in [0.2, 0.25) is 0 Å². The normalized spacial score (nSPS) is 18.4. The van der Waals surface area contributed by atoms with Crippen molar-refractivity contribution in [2.24, 2.45) is 5.92 Å². The Hall–Kier alpha value is -1.30. The topological polar surface area (TPSA) is 70.1 Å². The molecular formula is C12H22N2O4. The molecule has 1 saturated heterocycles. The van der Waals surface area contributed by atoms with Crippen molar-refractivity contribution in [3.8, 4) is 0 Å². The van der Waals surface area contributed by atoms with Crippen LogP contribution < -0.4 is 0 Å². The molecule has 6 heteroatoms. The molecule has 0 aromatic carbocycles. The highest BCUT2D eigenvalue weighted by Gasteiger charge is 2.22. The monoisotopic (exact) mass is 258 g/mol. The number of carbonyl (C=O) groups excluding carboxylic acids is 1. The summed E-state index contributed by atoms with van der Waals surface area (Å²) in [4.78, 5) is 25.8. The van der Waals surface area contributed by atoms with E-state index in [0.717, 1.165) is 32.5 Å². The van der Waals surface area contributed by atoms with Crippen molar-refractivity contribution in [3.63, 3.8) is 0 Å². The molecule has 1 aliphatic heterocycles. The molecule has 1 heterocycles. The Kier molecular flexibility index (Phi) is 5.91. The number of rotatable bonds is 5. The molecule has 1 unspecified atom stereocenters. The van der Waals surface area contributed by atoms with Gasteiger partial charge >= 0.3 is 12.1 Å². The molecule has 1 rings (SSSR count). The van der Waals surface area contributed by atoms with Crippen LogP contribution in [0.4, 0.5) is 4.79 Å². The number of esters is 1. The van der Waals surface area contributed by atoms with Gasteiger partial charge in [-0.05, 0) is 19.4 Å². The zero-order valence-electron chi connectivity index (χ0n) is 11.1. The Morgan fingerprint density at radius 1 is 1.28 bits per heavy atom. The van der Waals surface area contributed by atoms with Crippen LogP contribution in [0.5, 0.6) is 0 Å². The standard InChI is InChI=1S/C12H22N2O4/c1-3-10(11(15)18-2)4-5-13-6-8-14(9-7-13)12(16)17/h10H,3-9H2,1-2H3,(H,16,17). The first kappa shape index (κ1) is 14.8. The number of ether oxygens (including phenoxy) is 1. The lowest BCUT2D eigenvalue weighted by molar-refractivity contribution is -0.145. The summed E-state index contributed by atoms with van der Waals surface area (Å²) in [6.45, 7) is 5.37. The number of hydrogen-bond acceptors (Lipinski definition) is 4. The van der Waals surface area contributed by atoms with Gasteiger partial charge in [0.05, 0.1) is 13.0 Å². The van der Waals surface area contributed by atoms with Crippen molar-refractivity contribution < 1.29 is 19.4 Å². The van der Waals surface area contributed by atoms with Gasteiger partial charge in [-0.2, -0.15) is 0 Å². The van der Waals surface area contributed by atoms with E-state index in [9.17, 15) is 9.59 Å². The average Bonchev–Trinajstić information content (AvgIpc) is 2.39. The van der Waals surface area contributed by atoms with E-state index < -0.39 is 6.09 Å². The van der Waals surface area contributed by atoms with Crippen LogP contribution in [-0.4, -0.2) is 66.8 Å². The fraction of sp³-hybridized carbons (Fsp3) is 0.833. The van der Waals surface area contributed by atoms with Gasteiger partial charge in [-0.15, -0.1) is 0 Å². The number of carbonyl (C=O) groups is 2. The third kappa shape index (κ3) is 4.18. The van der Waals surface area contributed by atoms with Gasteiger partial charge in [-0.3, -0.25) is 9.69 Å². The van der Waals surface area contributed by atoms with Gasteiger partial charge < -0.3 is 14.7 Å². The molecule has 1 amide bonds. The molecule has 1 fully saturated rings. The number of methoxy groups -OCH3 is 1. The molecule has 104 valence electrons. The van der Waals surface area contributed by atoms with E-state index in [-0.39, 0.29) is 11.9 Å². The Bertz CT molecular complexity index is 288. The number of nitrogens with zero attached hydrogens (tertiary/aromatic N) is 2. The van der Waals surface area contributed by atoms with Crippen molar-refractivity contribution in [2.75, 3.05) is 39.8 Å². The van der Waals surface area contributed by atoms with E-state index >= 15 is 0 Å². The Balaban J connectivity index is 2.28. The van der Waals surface area contributed by atoms with Gasteiger partial charge in [0.1, 0.15) is 0 Å². The summed E-state index contributed by atoms with van der Waals surface area (Å²) >= 11 is 0. The van der Waals surface area contributed by atoms with Crippen LogP contribution >= 0.6 is 0 Å². The maximum atomic E-state index is 11.4. The highest BCUT2D eigenvalue weighted by Crippen LogP contribution is 2.12. The van der Waals surface area contributed by atoms with Crippen molar-refractivity contribution in [3.05, 3.63) is 0 Å². The molecule has 0 spiro atoms. The molecular weight excluding hydrogens is 236 g/mol. The molecule has 0 radical (unpaired) electrons. The zero-order chi connectivity index (χ0) is 13.5. The van der Waals surface area contributed by atoms with Crippen LogP contribution in [0.15, 0.2) is 0 Å². The maximum Gasteiger partial charge on any atom is 0.407 e. The molecule has 6 nitrogen and oxygen atoms in total. The zero-order valence-corrected chi connectivity index (χ0v) is 11.1. The van der Waals surface area contributed by atoms with E-state index in [1.165, 1.54) is 12.0 Å². The van der Waals surface area contributed by atoms with Crippen molar-refractivity contribution >= 4 is 12.1 Å². The van der Waals surface area contributed by atoms with Crippen LogP contribution in [0.25, 0.3) is 0 Å². The first-order chi connectivity index (χ1) is 8.58. The third-order valence-corrected chi connectivity index (χ3v) is 3.46. The lowest BCUT2D eigenvalue weighted by Gasteiger charge is -2.33. The van der Waals surface area contributed by atoms with Crippen molar-refractivity contribution in [1.82, 2.24) is 9.80 Å². The van der Waals surface area contributed by atoms with Gasteiger partial charge in [0, 0.05) is 26.2 Å². The van der Waals surface area contributed by atoms with Crippen LogP contribution in [0.2, 0.25) is 0 Å². The second kappa shape index (κ2) is 7.20. The summed E-state index contributed by atoms with van der Waals surface area (Å²) in [7, 11) is 1.41. The number of amides is 1. The van der Waals surface area contributed by atoms with Crippen LogP contribution in [0.3, 0.4) is 0 Å². The molecule has 1 aliphatic rings. The van der Waals surface area contributed by atoms with Crippen LogP contribution in [0, 0.1) is 5.92 Å². The van der Waals surface area contributed by atoms with Crippen molar-refractivity contribution in [2.45, 2.75) is 19.8 Å². The molecule has 18 heavy (non-hydrogen) atoms. The molecule has 1 atom stereocenters. The molecule has 0 aromatic heterocycles. The fourth-order valence-corrected chi connectivity index (χ4v) is 2.16. The summed E-state index contributed by atoms with van der Waals surface area (Å²) in [5.41, 5.74) is 0. The predicted molar refractivity (Wildman–Crippen MR) is 66.5 cm³/mol. The van der Waals surface area contributed by atoms with E-state index in [1.807, 2.05) is 6.92 Å². The highest BCUT2D eigenvalue weighted by atomic mass is 16.5. The average molecular weight is 258 g/mol. The first-order valence-electron chi connectivity index (χ1n) is 6.36. The summed E-state index contributed by atoms with van der Waals surface area (Å²) in [5, 5.41) is 8.83. The summed E-state index contributed by atoms with van der Waals surface area (Å²) in [5.74, 6) is -0.200. The Morgan fingerprint density at radius 2 is 1.89 bits per heavy atom. The van der Waals surface area contributed by atoms with Gasteiger partial charge in [-0.25, -0.2) is 4.79 Å². The Labute approximate surface area is 107 Å². The van der Waals surface area contributed by atoms with E-state index in [2.05, 4.69) is 4.90 Å². The third-order valence-electron chi connectivity index (χ3n) is 3.46. The minimum Gasteiger partial charge on any atom is -0.469 e. The maximum absolute atomic E-state index is 11.4. The lowest BCUT2D eigenvalue weighted by atomic mass is 10.0. The summed E-state index contributed by atoms with van der Waals surface area (Å²) < 4.78 is 4.75. The second-order valence-electron chi connectivity index (χ2n) is 4.53. The first-order valence-corrected chi connectivity index (χ1v) is 6.36. The molecule has 0 aliphatic carbocycles. The molecule has 0 saturated carbocycles. The summed E-state index contributed by atoms with van der Waals surface area (Å²) in [6, 6.07) is 0. The largest absolute Gasteiger partial charge is 0.469 e. The van der Waals surface area contributed by atoms with E-state index in [1.54, 1.807) is 0 Å². The number of hydrogen-bond donors (Lipinski definition) is 1. The molecule has 0 bridgehead atoms. The second-order valence-corrected chi connectivity index (χ2v) is 4.53. The summed E-state index contributed by atoms with van der Waals surface area (Å²) in [6.07, 6.45) is 0.702. The van der Waals surface area contributed by atoms with Gasteiger partial charge in [-0.1, -0.05) is 6.92 Å². The number of piperazine rings is 1. The molecule has 0 aromatic rings. The van der Waals surface area contributed by atoms with E-state index in [4.69, 9.17) is 9.84 Å². The van der Waals surface area contributed by atoms with Crippen molar-refractivity contribution in [1.29, 1.82) is 0 Å². The quantitative estimate of drug-likeness (QED) is 0.741. The predicted octanol–water partition coefficient (Wildman–Crippen LogP) is 0.871. The van der Waals surface area contributed by atoms with Crippen LogP contribution in [0.1, 0.15) is 19.8 Å². The van der Waals surface area contributed by atoms with E-state index in [0.29, 0.717) is 13.1 Å². The SMILES string of the molecule is CCC(CCN1CCN(C(=O)O)CC1)C(=O)OC.